The molecule has 21 heavy (non-hydrogen) atoms. The van der Waals surface area contributed by atoms with Gasteiger partial charge >= 0.3 is 11.9 Å². The zero-order valence-corrected chi connectivity index (χ0v) is 12.7. The van der Waals surface area contributed by atoms with Gasteiger partial charge in [-0.2, -0.15) is 13.2 Å². The van der Waals surface area contributed by atoms with Crippen LogP contribution in [0.25, 0.3) is 10.2 Å². The van der Waals surface area contributed by atoms with Crippen LogP contribution in [0, 0.1) is 13.8 Å². The molecular formula is C13H15F3N2O2S. The lowest BCUT2D eigenvalue weighted by Crippen LogP contribution is -2.39. The van der Waals surface area contributed by atoms with E-state index in [2.05, 4.69) is 0 Å². The molecule has 0 aliphatic rings. The number of thiophene rings is 1. The van der Waals surface area contributed by atoms with Gasteiger partial charge in [-0.05, 0) is 26.3 Å². The monoisotopic (exact) mass is 320 g/mol. The molecule has 8 heteroatoms. The van der Waals surface area contributed by atoms with Gasteiger partial charge in [-0.15, -0.1) is 11.3 Å². The van der Waals surface area contributed by atoms with Crippen LogP contribution in [0.1, 0.15) is 23.8 Å². The van der Waals surface area contributed by atoms with Crippen LogP contribution in [0.2, 0.25) is 0 Å². The van der Waals surface area contributed by atoms with E-state index in [4.69, 9.17) is 0 Å². The van der Waals surface area contributed by atoms with E-state index >= 15 is 0 Å². The summed E-state index contributed by atoms with van der Waals surface area (Å²) in [5.74, 6) is 0. The van der Waals surface area contributed by atoms with Crippen molar-refractivity contribution in [2.75, 3.05) is 0 Å². The minimum Gasteiger partial charge on any atom is -0.284 e. The zero-order chi connectivity index (χ0) is 15.9. The Bertz CT molecular complexity index is 799. The molecule has 2 aromatic rings. The van der Waals surface area contributed by atoms with Crippen molar-refractivity contribution in [2.24, 2.45) is 0 Å². The smallest absolute Gasteiger partial charge is 0.284 e. The van der Waals surface area contributed by atoms with Gasteiger partial charge in [-0.1, -0.05) is 0 Å². The molecule has 116 valence electrons. The molecule has 0 aromatic carbocycles. The number of aryl methyl sites for hydroxylation is 3. The first kappa shape index (κ1) is 15.8. The van der Waals surface area contributed by atoms with Gasteiger partial charge in [0.2, 0.25) is 0 Å². The second-order valence-electron chi connectivity index (χ2n) is 4.81. The normalized spacial score (nSPS) is 12.3. The van der Waals surface area contributed by atoms with Crippen LogP contribution in [0.4, 0.5) is 13.2 Å². The maximum absolute atomic E-state index is 12.4. The molecule has 0 unspecified atom stereocenters. The molecule has 0 aliphatic carbocycles. The van der Waals surface area contributed by atoms with E-state index in [1.165, 1.54) is 11.3 Å². The fraction of sp³-hybridized carbons (Fsp3) is 0.538. The van der Waals surface area contributed by atoms with Crippen LogP contribution in [-0.2, 0) is 13.1 Å². The standard InChI is InChI=1S/C13H15F3N2O2S/c1-4-17-10(19)9-7(2)8(3)21-11(9)18(12(17)20)6-5-13(14,15)16/h4-6H2,1-3H3. The van der Waals surface area contributed by atoms with E-state index in [0.717, 1.165) is 19.6 Å². The van der Waals surface area contributed by atoms with E-state index in [1.807, 2.05) is 0 Å². The quantitative estimate of drug-likeness (QED) is 0.873. The van der Waals surface area contributed by atoms with Gasteiger partial charge in [0.05, 0.1) is 11.8 Å². The molecule has 0 saturated carbocycles. The molecule has 0 amide bonds. The van der Waals surface area contributed by atoms with E-state index < -0.39 is 30.4 Å². The number of halogens is 3. The molecule has 0 radical (unpaired) electrons. The van der Waals surface area contributed by atoms with Gasteiger partial charge in [-0.3, -0.25) is 13.9 Å². The number of rotatable bonds is 3. The summed E-state index contributed by atoms with van der Waals surface area (Å²) in [6.45, 7) is 4.81. The largest absolute Gasteiger partial charge is 0.390 e. The molecular weight excluding hydrogens is 305 g/mol. The molecule has 2 rings (SSSR count). The third-order valence-electron chi connectivity index (χ3n) is 3.47. The second kappa shape index (κ2) is 5.32. The highest BCUT2D eigenvalue weighted by Crippen LogP contribution is 2.28. The third-order valence-corrected chi connectivity index (χ3v) is 4.70. The molecule has 0 fully saturated rings. The summed E-state index contributed by atoms with van der Waals surface area (Å²) >= 11 is 1.19. The first-order valence-corrected chi connectivity index (χ1v) is 7.29. The lowest BCUT2D eigenvalue weighted by molar-refractivity contribution is -0.136. The van der Waals surface area contributed by atoms with E-state index in [1.54, 1.807) is 20.8 Å². The minimum atomic E-state index is -4.35. The number of alkyl halides is 3. The summed E-state index contributed by atoms with van der Waals surface area (Å²) in [5, 5.41) is 0.348. The van der Waals surface area contributed by atoms with Gasteiger partial charge in [0.1, 0.15) is 4.83 Å². The molecule has 0 N–H and O–H groups in total. The van der Waals surface area contributed by atoms with E-state index in [9.17, 15) is 22.8 Å². The second-order valence-corrected chi connectivity index (χ2v) is 6.02. The van der Waals surface area contributed by atoms with Crippen LogP contribution in [-0.4, -0.2) is 15.3 Å². The molecule has 0 saturated heterocycles. The third kappa shape index (κ3) is 2.76. The van der Waals surface area contributed by atoms with E-state index in [0.29, 0.717) is 10.2 Å². The Kier molecular flexibility index (Phi) is 4.01. The summed E-state index contributed by atoms with van der Waals surface area (Å²) in [7, 11) is 0. The van der Waals surface area contributed by atoms with Gasteiger partial charge < -0.3 is 0 Å². The maximum atomic E-state index is 12.4. The predicted octanol–water partition coefficient (Wildman–Crippen LogP) is 2.81. The van der Waals surface area contributed by atoms with Crippen LogP contribution in [0.5, 0.6) is 0 Å². The number of aromatic nitrogens is 2. The Morgan fingerprint density at radius 2 is 1.76 bits per heavy atom. The maximum Gasteiger partial charge on any atom is 0.390 e. The fourth-order valence-electron chi connectivity index (χ4n) is 2.22. The van der Waals surface area contributed by atoms with Crippen LogP contribution >= 0.6 is 11.3 Å². The summed E-state index contributed by atoms with van der Waals surface area (Å²) in [5.41, 5.74) is -0.383. The van der Waals surface area contributed by atoms with Gasteiger partial charge in [0.15, 0.2) is 0 Å². The number of hydrogen-bond acceptors (Lipinski definition) is 3. The Labute approximate surface area is 122 Å². The summed E-state index contributed by atoms with van der Waals surface area (Å²) < 4.78 is 39.4. The van der Waals surface area contributed by atoms with Crippen molar-refractivity contribution in [3.05, 3.63) is 31.3 Å². The van der Waals surface area contributed by atoms with Crippen LogP contribution < -0.4 is 11.2 Å². The summed E-state index contributed by atoms with van der Waals surface area (Å²) in [6, 6.07) is 0. The fourth-order valence-corrected chi connectivity index (χ4v) is 3.39. The molecule has 0 spiro atoms. The number of nitrogens with zero attached hydrogens (tertiary/aromatic N) is 2. The predicted molar refractivity (Wildman–Crippen MR) is 76.2 cm³/mol. The van der Waals surface area contributed by atoms with Crippen LogP contribution in [0.3, 0.4) is 0 Å². The number of hydrogen-bond donors (Lipinski definition) is 0. The molecule has 4 nitrogen and oxygen atoms in total. The van der Waals surface area contributed by atoms with E-state index in [-0.39, 0.29) is 6.54 Å². The van der Waals surface area contributed by atoms with Crippen molar-refractivity contribution in [2.45, 2.75) is 46.5 Å². The van der Waals surface area contributed by atoms with Crippen molar-refractivity contribution in [1.82, 2.24) is 9.13 Å². The van der Waals surface area contributed by atoms with Crippen molar-refractivity contribution in [1.29, 1.82) is 0 Å². The molecule has 0 aliphatic heterocycles. The Morgan fingerprint density at radius 3 is 2.29 bits per heavy atom. The first-order valence-electron chi connectivity index (χ1n) is 6.47. The van der Waals surface area contributed by atoms with Gasteiger partial charge in [0.25, 0.3) is 5.56 Å². The summed E-state index contributed by atoms with van der Waals surface area (Å²) in [4.78, 5) is 25.7. The minimum absolute atomic E-state index is 0.133. The SMILES string of the molecule is CCn1c(=O)c2c(C)c(C)sc2n(CCC(F)(F)F)c1=O. The van der Waals surface area contributed by atoms with Gasteiger partial charge in [-0.25, -0.2) is 4.79 Å². The summed E-state index contributed by atoms with van der Waals surface area (Å²) in [6.07, 6.45) is -5.44. The highest BCUT2D eigenvalue weighted by Gasteiger charge is 2.28. The lowest BCUT2D eigenvalue weighted by Gasteiger charge is -2.12. The average molecular weight is 320 g/mol. The average Bonchev–Trinajstić information content (AvgIpc) is 2.65. The molecule has 0 bridgehead atoms. The highest BCUT2D eigenvalue weighted by molar-refractivity contribution is 7.18. The zero-order valence-electron chi connectivity index (χ0n) is 11.9. The Morgan fingerprint density at radius 1 is 1.14 bits per heavy atom. The molecule has 2 heterocycles. The Hall–Kier alpha value is -1.57. The first-order chi connectivity index (χ1) is 9.67. The molecule has 2 aromatic heterocycles. The number of fused-ring (bicyclic) bond motifs is 1. The lowest BCUT2D eigenvalue weighted by atomic mass is 10.2. The Balaban J connectivity index is 2.77. The van der Waals surface area contributed by atoms with Crippen molar-refractivity contribution < 1.29 is 13.2 Å². The highest BCUT2D eigenvalue weighted by atomic mass is 32.1. The van der Waals surface area contributed by atoms with Crippen molar-refractivity contribution in [3.63, 3.8) is 0 Å². The van der Waals surface area contributed by atoms with Crippen molar-refractivity contribution >= 4 is 21.6 Å². The van der Waals surface area contributed by atoms with Crippen molar-refractivity contribution in [3.8, 4) is 0 Å². The van der Waals surface area contributed by atoms with Crippen LogP contribution in [0.15, 0.2) is 9.59 Å². The van der Waals surface area contributed by atoms with Gasteiger partial charge in [0, 0.05) is 18.0 Å². The molecule has 0 atom stereocenters. The topological polar surface area (TPSA) is 44.0 Å².